The Labute approximate surface area is 76.0 Å². The van der Waals surface area contributed by atoms with E-state index in [9.17, 15) is 14.4 Å². The Morgan fingerprint density at radius 1 is 0.667 bits per heavy atom. The Kier molecular flexibility index (Phi) is 2.16. The third kappa shape index (κ3) is 1.11. The van der Waals surface area contributed by atoms with Gasteiger partial charge in [0.2, 0.25) is 0 Å². The zero-order valence-corrected chi connectivity index (χ0v) is 13.1. The molecule has 0 unspecified atom stereocenters. The second-order valence-electron chi connectivity index (χ2n) is 2.52. The molecule has 0 aliphatic heterocycles. The van der Waals surface area contributed by atoms with Crippen LogP contribution in [0.15, 0.2) is 14.4 Å². The zero-order chi connectivity index (χ0) is 9.46. The molecule has 0 saturated carbocycles. The lowest BCUT2D eigenvalue weighted by Gasteiger charge is -2.03. The lowest BCUT2D eigenvalue weighted by atomic mass is 11.0. The minimum absolute atomic E-state index is 0.329. The smallest absolute Gasteiger partial charge is 0.286 e. The normalized spacial score (nSPS) is 11.0. The van der Waals surface area contributed by atoms with Gasteiger partial charge in [-0.1, -0.05) is 0 Å². The van der Waals surface area contributed by atoms with E-state index in [-0.39, 0.29) is 0 Å². The summed E-state index contributed by atoms with van der Waals surface area (Å²) in [5.74, 6) is 0. The highest BCUT2D eigenvalue weighted by Gasteiger charge is 2.04. The molecule has 0 saturated heterocycles. The molecule has 12 heavy (non-hydrogen) atoms. The Balaban J connectivity index is 4.00. The molecule has 0 amide bonds. The molecule has 6 nitrogen and oxygen atoms in total. The van der Waals surface area contributed by atoms with Gasteiger partial charge >= 0.3 is 17.1 Å². The molecule has 0 aliphatic rings. The molecule has 1 heterocycles. The fourth-order valence-electron chi connectivity index (χ4n) is 0.920. The van der Waals surface area contributed by atoms with Crippen molar-refractivity contribution in [2.45, 2.75) is 0 Å². The van der Waals surface area contributed by atoms with Gasteiger partial charge in [0.1, 0.15) is 31.2 Å². The average Bonchev–Trinajstić information content (AvgIpc) is 2.08. The van der Waals surface area contributed by atoms with Crippen LogP contribution < -0.4 is 17.1 Å². The molecule has 0 aromatic carbocycles. The molecule has 0 fully saturated rings. The minimum atomic E-state index is -0.463. The maximum absolute atomic E-state index is 11.2. The van der Waals surface area contributed by atoms with Crippen molar-refractivity contribution in [3.8, 4) is 0 Å². The highest BCUT2D eigenvalue weighted by atomic mass is 28.2. The Bertz CT molecular complexity index is 381. The zero-order valence-electron chi connectivity index (χ0n) is 7.07. The van der Waals surface area contributed by atoms with E-state index in [2.05, 4.69) is 0 Å². The van der Waals surface area contributed by atoms with Gasteiger partial charge < -0.3 is 0 Å². The summed E-state index contributed by atoms with van der Waals surface area (Å²) in [6, 6.07) is 0. The molecule has 66 valence electrons. The maximum Gasteiger partial charge on any atom is 0.318 e. The lowest BCUT2D eigenvalue weighted by Crippen LogP contribution is -2.53. The van der Waals surface area contributed by atoms with E-state index in [4.69, 9.17) is 0 Å². The Hall–Kier alpha value is -0.939. The van der Waals surface area contributed by atoms with Crippen molar-refractivity contribution in [3.63, 3.8) is 0 Å². The monoisotopic (exact) mass is 219 g/mol. The summed E-state index contributed by atoms with van der Waals surface area (Å²) in [5, 5.41) is 0. The largest absolute Gasteiger partial charge is 0.318 e. The first-order valence-corrected chi connectivity index (χ1v) is 5.98. The lowest BCUT2D eigenvalue weighted by molar-refractivity contribution is 0.767. The molecular weight excluding hydrogens is 210 g/mol. The predicted octanol–water partition coefficient (Wildman–Crippen LogP) is -6.44. The van der Waals surface area contributed by atoms with Crippen LogP contribution in [0.1, 0.15) is 0 Å². The SMILES string of the molecule is O=c1n([SiH3])c(=O)n([SiH3])c(=O)n1[SiH3]. The van der Waals surface area contributed by atoms with E-state index >= 15 is 0 Å². The fourth-order valence-corrected chi connectivity index (χ4v) is 3.92. The summed E-state index contributed by atoms with van der Waals surface area (Å²) in [6.07, 6.45) is 0. The first-order chi connectivity index (χ1) is 5.46. The van der Waals surface area contributed by atoms with Gasteiger partial charge in [-0.25, -0.2) is 14.4 Å². The maximum atomic E-state index is 11.2. The summed E-state index contributed by atoms with van der Waals surface area (Å²) < 4.78 is 3.25. The summed E-state index contributed by atoms with van der Waals surface area (Å²) in [5.41, 5.74) is -1.39. The van der Waals surface area contributed by atoms with Gasteiger partial charge in [0.05, 0.1) is 0 Å². The van der Waals surface area contributed by atoms with Crippen molar-refractivity contribution in [3.05, 3.63) is 31.5 Å². The fraction of sp³-hybridized carbons (Fsp3) is 0. The van der Waals surface area contributed by atoms with Crippen molar-refractivity contribution >= 4 is 31.2 Å². The highest BCUT2D eigenvalue weighted by Crippen LogP contribution is 1.55. The van der Waals surface area contributed by atoms with Crippen LogP contribution in [0.25, 0.3) is 0 Å². The molecular formula is C3H9N3O3Si3. The van der Waals surface area contributed by atoms with Crippen LogP contribution in [0, 0.1) is 0 Å². The number of aromatic nitrogens is 3. The first kappa shape index (κ1) is 9.15. The average molecular weight is 219 g/mol. The van der Waals surface area contributed by atoms with Crippen molar-refractivity contribution in [1.82, 2.24) is 12.7 Å². The second kappa shape index (κ2) is 2.84. The minimum Gasteiger partial charge on any atom is -0.286 e. The van der Waals surface area contributed by atoms with Gasteiger partial charge in [-0.05, 0) is 0 Å². The molecule has 1 aromatic rings. The van der Waals surface area contributed by atoms with Crippen molar-refractivity contribution < 1.29 is 0 Å². The van der Waals surface area contributed by atoms with Crippen LogP contribution in [0.3, 0.4) is 0 Å². The van der Waals surface area contributed by atoms with E-state index in [1.807, 2.05) is 0 Å². The quantitative estimate of drug-likeness (QED) is 0.408. The summed E-state index contributed by atoms with van der Waals surface area (Å²) in [6.45, 7) is 0. The molecule has 0 spiro atoms. The van der Waals surface area contributed by atoms with E-state index in [1.54, 1.807) is 0 Å². The third-order valence-corrected chi connectivity index (χ3v) is 4.02. The standard InChI is InChI=1S/C3H9N3O3Si3/c7-1-4(10)2(8)6(12)3(9)5(1)11/h10-12H3. The Morgan fingerprint density at radius 2 is 0.833 bits per heavy atom. The van der Waals surface area contributed by atoms with Crippen LogP contribution in [-0.4, -0.2) is 43.9 Å². The van der Waals surface area contributed by atoms with Crippen molar-refractivity contribution in [1.29, 1.82) is 0 Å². The summed E-state index contributed by atoms with van der Waals surface area (Å²) >= 11 is 0. The van der Waals surface area contributed by atoms with Crippen molar-refractivity contribution in [2.24, 2.45) is 0 Å². The Morgan fingerprint density at radius 3 is 1.00 bits per heavy atom. The van der Waals surface area contributed by atoms with Gasteiger partial charge in [-0.2, -0.15) is 0 Å². The number of rotatable bonds is 0. The molecule has 0 aliphatic carbocycles. The predicted molar refractivity (Wildman–Crippen MR) is 55.2 cm³/mol. The third-order valence-electron chi connectivity index (χ3n) is 1.72. The van der Waals surface area contributed by atoms with E-state index in [0.29, 0.717) is 31.2 Å². The molecule has 0 radical (unpaired) electrons. The first-order valence-electron chi connectivity index (χ1n) is 3.30. The number of hydrogen-bond donors (Lipinski definition) is 0. The van der Waals surface area contributed by atoms with Gasteiger partial charge in [-0.15, -0.1) is 0 Å². The summed E-state index contributed by atoms with van der Waals surface area (Å²) in [7, 11) is 0.987. The van der Waals surface area contributed by atoms with Gasteiger partial charge in [0.25, 0.3) is 0 Å². The van der Waals surface area contributed by atoms with Crippen LogP contribution in [0.4, 0.5) is 0 Å². The molecule has 0 N–H and O–H groups in total. The van der Waals surface area contributed by atoms with Crippen LogP contribution in [0.2, 0.25) is 0 Å². The van der Waals surface area contributed by atoms with Gasteiger partial charge in [-0.3, -0.25) is 12.7 Å². The topological polar surface area (TPSA) is 66.0 Å². The van der Waals surface area contributed by atoms with Gasteiger partial charge in [0.15, 0.2) is 0 Å². The molecule has 1 aromatic heterocycles. The van der Waals surface area contributed by atoms with Crippen LogP contribution in [-0.2, 0) is 0 Å². The number of hydrogen-bond acceptors (Lipinski definition) is 3. The van der Waals surface area contributed by atoms with E-state index in [0.717, 1.165) is 12.7 Å². The molecule has 1 rings (SSSR count). The van der Waals surface area contributed by atoms with Crippen LogP contribution >= 0.6 is 0 Å². The highest BCUT2D eigenvalue weighted by molar-refractivity contribution is 6.10. The molecule has 0 bridgehead atoms. The number of nitrogens with zero attached hydrogens (tertiary/aromatic N) is 3. The molecule has 0 atom stereocenters. The van der Waals surface area contributed by atoms with E-state index in [1.165, 1.54) is 0 Å². The second-order valence-corrected chi connectivity index (χ2v) is 5.21. The van der Waals surface area contributed by atoms with Crippen molar-refractivity contribution in [2.75, 3.05) is 0 Å². The molecule has 9 heteroatoms. The summed E-state index contributed by atoms with van der Waals surface area (Å²) in [4.78, 5) is 33.5. The van der Waals surface area contributed by atoms with Crippen LogP contribution in [0.5, 0.6) is 0 Å². The van der Waals surface area contributed by atoms with Gasteiger partial charge in [0, 0.05) is 0 Å². The van der Waals surface area contributed by atoms with E-state index < -0.39 is 17.1 Å².